The predicted octanol–water partition coefficient (Wildman–Crippen LogP) is 3.55. The monoisotopic (exact) mass is 349 g/mol. The summed E-state index contributed by atoms with van der Waals surface area (Å²) in [6.45, 7) is 4.53. The molecule has 2 rings (SSSR count). The molecular weight excluding hydrogens is 322 g/mol. The maximum Gasteiger partial charge on any atom is 0.309 e. The second kappa shape index (κ2) is 9.91. The van der Waals surface area contributed by atoms with Crippen LogP contribution in [0.1, 0.15) is 46.0 Å². The number of rotatable bonds is 8. The van der Waals surface area contributed by atoms with Crippen LogP contribution in [0, 0.1) is 5.92 Å². The Hall–Kier alpha value is -2.24. The van der Waals surface area contributed by atoms with Gasteiger partial charge >= 0.3 is 5.97 Å². The molecule has 1 fully saturated rings. The molecule has 1 N–H and O–H groups in total. The van der Waals surface area contributed by atoms with E-state index in [1.165, 1.54) is 6.42 Å². The molecule has 1 amide bonds. The zero-order valence-corrected chi connectivity index (χ0v) is 15.0. The molecule has 6 nitrogen and oxygen atoms in total. The standard InChI is InChI=1S/C19H27NO5/c1-3-23-16-11-10-15(12-17(16)24-4-2)20-18(21)13-25-19(22)14-8-6-5-7-9-14/h10-12,14H,3-9,13H2,1-2H3,(H,20,21). The summed E-state index contributed by atoms with van der Waals surface area (Å²) < 4.78 is 16.2. The number of esters is 1. The Morgan fingerprint density at radius 2 is 1.72 bits per heavy atom. The molecule has 0 atom stereocenters. The highest BCUT2D eigenvalue weighted by Crippen LogP contribution is 2.30. The van der Waals surface area contributed by atoms with Crippen molar-refractivity contribution in [2.45, 2.75) is 46.0 Å². The number of nitrogens with one attached hydrogen (secondary N) is 1. The Morgan fingerprint density at radius 1 is 1.04 bits per heavy atom. The normalized spacial score (nSPS) is 14.6. The van der Waals surface area contributed by atoms with Gasteiger partial charge in [-0.2, -0.15) is 0 Å². The zero-order chi connectivity index (χ0) is 18.1. The van der Waals surface area contributed by atoms with Gasteiger partial charge in [-0.3, -0.25) is 9.59 Å². The Labute approximate surface area is 148 Å². The molecule has 1 aromatic rings. The molecule has 1 saturated carbocycles. The number of carbonyl (C=O) groups is 2. The fourth-order valence-corrected chi connectivity index (χ4v) is 2.92. The van der Waals surface area contributed by atoms with Crippen molar-refractivity contribution in [1.82, 2.24) is 0 Å². The van der Waals surface area contributed by atoms with Gasteiger partial charge in [0, 0.05) is 11.8 Å². The maximum absolute atomic E-state index is 12.0. The van der Waals surface area contributed by atoms with Crippen LogP contribution in [0.4, 0.5) is 5.69 Å². The van der Waals surface area contributed by atoms with Crippen molar-refractivity contribution in [3.05, 3.63) is 18.2 Å². The minimum atomic E-state index is -0.365. The topological polar surface area (TPSA) is 73.9 Å². The number of benzene rings is 1. The minimum absolute atomic E-state index is 0.0587. The van der Waals surface area contributed by atoms with Crippen molar-refractivity contribution in [2.24, 2.45) is 5.92 Å². The largest absolute Gasteiger partial charge is 0.490 e. The van der Waals surface area contributed by atoms with Gasteiger partial charge in [0.1, 0.15) is 0 Å². The molecule has 1 aromatic carbocycles. The van der Waals surface area contributed by atoms with Crippen LogP contribution in [0.15, 0.2) is 18.2 Å². The van der Waals surface area contributed by atoms with E-state index < -0.39 is 0 Å². The van der Waals surface area contributed by atoms with Crippen molar-refractivity contribution in [3.8, 4) is 11.5 Å². The van der Waals surface area contributed by atoms with Gasteiger partial charge in [0.25, 0.3) is 5.91 Å². The van der Waals surface area contributed by atoms with Gasteiger partial charge in [0.15, 0.2) is 18.1 Å². The van der Waals surface area contributed by atoms with Gasteiger partial charge in [-0.1, -0.05) is 19.3 Å². The fourth-order valence-electron chi connectivity index (χ4n) is 2.92. The molecule has 0 aromatic heterocycles. The molecule has 1 aliphatic carbocycles. The lowest BCUT2D eigenvalue weighted by Crippen LogP contribution is -2.26. The van der Waals surface area contributed by atoms with E-state index >= 15 is 0 Å². The van der Waals surface area contributed by atoms with Crippen LogP contribution in [0.5, 0.6) is 11.5 Å². The van der Waals surface area contributed by atoms with Crippen LogP contribution in [0.2, 0.25) is 0 Å². The average Bonchev–Trinajstić information content (AvgIpc) is 2.63. The second-order valence-electron chi connectivity index (χ2n) is 6.02. The highest BCUT2D eigenvalue weighted by Gasteiger charge is 2.23. The molecule has 25 heavy (non-hydrogen) atoms. The van der Waals surface area contributed by atoms with Gasteiger partial charge in [0.2, 0.25) is 0 Å². The molecule has 0 saturated heterocycles. The van der Waals surface area contributed by atoms with Gasteiger partial charge in [0.05, 0.1) is 19.1 Å². The van der Waals surface area contributed by atoms with Crippen LogP contribution in [0.3, 0.4) is 0 Å². The van der Waals surface area contributed by atoms with Crippen LogP contribution < -0.4 is 14.8 Å². The highest BCUT2D eigenvalue weighted by molar-refractivity contribution is 5.93. The van der Waals surface area contributed by atoms with Crippen molar-refractivity contribution < 1.29 is 23.8 Å². The van der Waals surface area contributed by atoms with Gasteiger partial charge in [-0.15, -0.1) is 0 Å². The summed E-state index contributed by atoms with van der Waals surface area (Å²) in [4.78, 5) is 24.0. The molecule has 0 bridgehead atoms. The third-order valence-corrected chi connectivity index (χ3v) is 4.11. The van der Waals surface area contributed by atoms with E-state index in [0.29, 0.717) is 30.4 Å². The Balaban J connectivity index is 1.86. The Bertz CT molecular complexity index is 581. The van der Waals surface area contributed by atoms with Crippen molar-refractivity contribution in [2.75, 3.05) is 25.1 Å². The smallest absolute Gasteiger partial charge is 0.309 e. The molecule has 0 unspecified atom stereocenters. The third-order valence-electron chi connectivity index (χ3n) is 4.11. The number of anilines is 1. The fraction of sp³-hybridized carbons (Fsp3) is 0.579. The first kappa shape index (κ1) is 19.1. The second-order valence-corrected chi connectivity index (χ2v) is 6.02. The molecule has 6 heteroatoms. The van der Waals surface area contributed by atoms with Crippen molar-refractivity contribution >= 4 is 17.6 Å². The first-order chi connectivity index (χ1) is 12.1. The molecule has 0 aliphatic heterocycles. The van der Waals surface area contributed by atoms with E-state index in [4.69, 9.17) is 14.2 Å². The lowest BCUT2D eigenvalue weighted by Gasteiger charge is -2.19. The Morgan fingerprint density at radius 3 is 2.40 bits per heavy atom. The SMILES string of the molecule is CCOc1ccc(NC(=O)COC(=O)C2CCCCC2)cc1OCC. The summed E-state index contributed by atoms with van der Waals surface area (Å²) in [6, 6.07) is 5.18. The molecule has 0 spiro atoms. The quantitative estimate of drug-likeness (QED) is 0.727. The summed E-state index contributed by atoms with van der Waals surface area (Å²) in [7, 11) is 0. The van der Waals surface area contributed by atoms with E-state index in [2.05, 4.69) is 5.32 Å². The van der Waals surface area contributed by atoms with Crippen LogP contribution in [-0.2, 0) is 14.3 Å². The summed E-state index contributed by atoms with van der Waals surface area (Å²) in [5.74, 6) is 0.510. The number of amides is 1. The average molecular weight is 349 g/mol. The molecule has 138 valence electrons. The predicted molar refractivity (Wildman–Crippen MR) is 94.9 cm³/mol. The van der Waals surface area contributed by atoms with Gasteiger partial charge < -0.3 is 19.5 Å². The van der Waals surface area contributed by atoms with Crippen molar-refractivity contribution in [1.29, 1.82) is 0 Å². The highest BCUT2D eigenvalue weighted by atomic mass is 16.5. The summed E-state index contributed by atoms with van der Waals surface area (Å²) in [5.41, 5.74) is 0.575. The van der Waals surface area contributed by atoms with E-state index in [9.17, 15) is 9.59 Å². The number of carbonyl (C=O) groups excluding carboxylic acids is 2. The van der Waals surface area contributed by atoms with E-state index in [1.54, 1.807) is 18.2 Å². The summed E-state index contributed by atoms with van der Waals surface area (Å²) in [6.07, 6.45) is 5.00. The Kier molecular flexibility index (Phi) is 7.57. The van der Waals surface area contributed by atoms with Crippen molar-refractivity contribution in [3.63, 3.8) is 0 Å². The van der Waals surface area contributed by atoms with E-state index in [1.807, 2.05) is 13.8 Å². The molecule has 0 heterocycles. The van der Waals surface area contributed by atoms with E-state index in [0.717, 1.165) is 25.7 Å². The third kappa shape index (κ3) is 5.96. The minimum Gasteiger partial charge on any atom is -0.490 e. The molecule has 0 radical (unpaired) electrons. The van der Waals surface area contributed by atoms with Crippen LogP contribution >= 0.6 is 0 Å². The maximum atomic E-state index is 12.0. The molecular formula is C19H27NO5. The van der Waals surface area contributed by atoms with Crippen LogP contribution in [-0.4, -0.2) is 31.7 Å². The lowest BCUT2D eigenvalue weighted by molar-refractivity contribution is -0.152. The van der Waals surface area contributed by atoms with E-state index in [-0.39, 0.29) is 24.4 Å². The zero-order valence-electron chi connectivity index (χ0n) is 15.0. The molecule has 1 aliphatic rings. The van der Waals surface area contributed by atoms with Crippen LogP contribution in [0.25, 0.3) is 0 Å². The first-order valence-electron chi connectivity index (χ1n) is 9.00. The first-order valence-corrected chi connectivity index (χ1v) is 9.00. The number of ether oxygens (including phenoxy) is 3. The lowest BCUT2D eigenvalue weighted by atomic mass is 9.89. The van der Waals surface area contributed by atoms with Gasteiger partial charge in [-0.05, 0) is 38.8 Å². The van der Waals surface area contributed by atoms with Gasteiger partial charge in [-0.25, -0.2) is 0 Å². The summed E-state index contributed by atoms with van der Waals surface area (Å²) in [5, 5.41) is 2.72. The summed E-state index contributed by atoms with van der Waals surface area (Å²) >= 11 is 0. The number of hydrogen-bond acceptors (Lipinski definition) is 5. The number of hydrogen-bond donors (Lipinski definition) is 1.